The fourth-order valence-corrected chi connectivity index (χ4v) is 2.13. The number of amides is 1. The average molecular weight is 354 g/mol. The van der Waals surface area contributed by atoms with E-state index in [1.807, 2.05) is 0 Å². The molecule has 2 rings (SSSR count). The number of halogens is 2. The highest BCUT2D eigenvalue weighted by Crippen LogP contribution is 2.22. The fourth-order valence-electron chi connectivity index (χ4n) is 1.76. The van der Waals surface area contributed by atoms with E-state index in [0.29, 0.717) is 16.3 Å². The van der Waals surface area contributed by atoms with Crippen molar-refractivity contribution in [3.05, 3.63) is 63.6 Å². The molecule has 0 aliphatic rings. The molecule has 5 nitrogen and oxygen atoms in total. The molecular weight excluding hydrogens is 341 g/mol. The third-order valence-corrected chi connectivity index (χ3v) is 3.36. The molecule has 0 aliphatic heterocycles. The van der Waals surface area contributed by atoms with E-state index < -0.39 is 11.9 Å². The van der Waals surface area contributed by atoms with Gasteiger partial charge in [-0.3, -0.25) is 4.79 Å². The predicted molar refractivity (Wildman–Crippen MR) is 86.7 cm³/mol. The van der Waals surface area contributed by atoms with E-state index in [1.165, 1.54) is 12.1 Å². The summed E-state index contributed by atoms with van der Waals surface area (Å²) in [5.41, 5.74) is 5.90. The molecule has 0 heterocycles. The van der Waals surface area contributed by atoms with Crippen LogP contribution in [0.2, 0.25) is 10.0 Å². The summed E-state index contributed by atoms with van der Waals surface area (Å²) in [6, 6.07) is 11.3. The van der Waals surface area contributed by atoms with Crippen molar-refractivity contribution in [3.63, 3.8) is 0 Å². The van der Waals surface area contributed by atoms with Gasteiger partial charge in [0.05, 0.1) is 10.6 Å². The molecule has 0 saturated heterocycles. The van der Waals surface area contributed by atoms with Gasteiger partial charge in [-0.05, 0) is 35.9 Å². The number of hydrogen-bond acceptors (Lipinski definition) is 4. The smallest absolute Gasteiger partial charge is 0.340 e. The lowest BCUT2D eigenvalue weighted by atomic mass is 10.2. The molecule has 0 bridgehead atoms. The normalized spacial score (nSPS) is 10.2. The maximum absolute atomic E-state index is 12.0. The van der Waals surface area contributed by atoms with Gasteiger partial charge in [0.15, 0.2) is 6.61 Å². The van der Waals surface area contributed by atoms with Gasteiger partial charge in [0.1, 0.15) is 12.4 Å². The lowest BCUT2D eigenvalue weighted by Gasteiger charge is -2.08. The van der Waals surface area contributed by atoms with E-state index in [1.54, 1.807) is 30.3 Å². The van der Waals surface area contributed by atoms with E-state index in [0.717, 1.165) is 0 Å². The van der Waals surface area contributed by atoms with Crippen LogP contribution in [0.25, 0.3) is 0 Å². The van der Waals surface area contributed by atoms with Crippen molar-refractivity contribution in [1.29, 1.82) is 0 Å². The highest BCUT2D eigenvalue weighted by molar-refractivity contribution is 6.35. The van der Waals surface area contributed by atoms with Gasteiger partial charge in [-0.2, -0.15) is 0 Å². The number of carbonyl (C=O) groups is 2. The summed E-state index contributed by atoms with van der Waals surface area (Å²) in [6.07, 6.45) is 0. The van der Waals surface area contributed by atoms with Gasteiger partial charge in [-0.25, -0.2) is 4.79 Å². The fraction of sp³-hybridized carbons (Fsp3) is 0.125. The summed E-state index contributed by atoms with van der Waals surface area (Å²) in [6.45, 7) is -0.198. The average Bonchev–Trinajstić information content (AvgIpc) is 2.53. The van der Waals surface area contributed by atoms with Gasteiger partial charge in [0.25, 0.3) is 5.91 Å². The van der Waals surface area contributed by atoms with Crippen LogP contribution in [0, 0.1) is 0 Å². The maximum atomic E-state index is 12.0. The summed E-state index contributed by atoms with van der Waals surface area (Å²) in [5.74, 6) is -0.698. The topological polar surface area (TPSA) is 78.6 Å². The van der Waals surface area contributed by atoms with Gasteiger partial charge in [-0.15, -0.1) is 0 Å². The van der Waals surface area contributed by atoms with Crippen LogP contribution in [0.15, 0.2) is 42.5 Å². The zero-order valence-corrected chi connectivity index (χ0v) is 13.4. The molecular formula is C16H13Cl2NO4. The molecule has 0 spiro atoms. The minimum atomic E-state index is -0.582. The molecule has 23 heavy (non-hydrogen) atoms. The number of hydrogen-bond donors (Lipinski definition) is 1. The number of rotatable bonds is 6. The van der Waals surface area contributed by atoms with Crippen molar-refractivity contribution in [1.82, 2.24) is 0 Å². The van der Waals surface area contributed by atoms with E-state index >= 15 is 0 Å². The first-order valence-electron chi connectivity index (χ1n) is 6.58. The van der Waals surface area contributed by atoms with E-state index in [9.17, 15) is 9.59 Å². The second-order valence-electron chi connectivity index (χ2n) is 4.60. The number of primary amides is 1. The van der Waals surface area contributed by atoms with E-state index in [-0.39, 0.29) is 23.8 Å². The summed E-state index contributed by atoms with van der Waals surface area (Å²) < 4.78 is 10.4. The van der Waals surface area contributed by atoms with Crippen LogP contribution >= 0.6 is 23.2 Å². The zero-order valence-electron chi connectivity index (χ0n) is 11.9. The zero-order chi connectivity index (χ0) is 16.8. The summed E-state index contributed by atoms with van der Waals surface area (Å²) in [5, 5.41) is 0.654. The predicted octanol–water partition coefficient (Wildman–Crippen LogP) is 3.21. The van der Waals surface area contributed by atoms with Crippen LogP contribution in [0.5, 0.6) is 5.75 Å². The molecule has 0 aliphatic carbocycles. The molecule has 0 radical (unpaired) electrons. The molecule has 0 atom stereocenters. The molecule has 0 saturated carbocycles. The van der Waals surface area contributed by atoms with Crippen LogP contribution < -0.4 is 10.5 Å². The van der Waals surface area contributed by atoms with Gasteiger partial charge in [-0.1, -0.05) is 35.3 Å². The lowest BCUT2D eigenvalue weighted by molar-refractivity contribution is -0.119. The van der Waals surface area contributed by atoms with Crippen LogP contribution in [-0.4, -0.2) is 18.5 Å². The molecule has 0 fully saturated rings. The van der Waals surface area contributed by atoms with Crippen molar-refractivity contribution in [3.8, 4) is 5.75 Å². The maximum Gasteiger partial charge on any atom is 0.340 e. The summed E-state index contributed by atoms with van der Waals surface area (Å²) in [4.78, 5) is 22.7. The molecule has 0 unspecified atom stereocenters. The minimum absolute atomic E-state index is 0.0233. The van der Waals surface area contributed by atoms with Crippen LogP contribution in [0.1, 0.15) is 15.9 Å². The third-order valence-electron chi connectivity index (χ3n) is 2.80. The Kier molecular flexibility index (Phi) is 5.84. The molecule has 1 amide bonds. The van der Waals surface area contributed by atoms with Crippen molar-refractivity contribution in [2.24, 2.45) is 5.73 Å². The Morgan fingerprint density at radius 1 is 1.09 bits per heavy atom. The number of ether oxygens (including phenoxy) is 2. The molecule has 2 aromatic rings. The second-order valence-corrected chi connectivity index (χ2v) is 5.45. The standard InChI is InChI=1S/C16H13Cl2NO4/c17-11-4-5-14(18)13(7-11)16(21)23-8-10-2-1-3-12(6-10)22-9-15(19)20/h1-7H,8-9H2,(H2,19,20). The van der Waals surface area contributed by atoms with E-state index in [4.69, 9.17) is 38.4 Å². The Hall–Kier alpha value is -2.24. The van der Waals surface area contributed by atoms with Crippen LogP contribution in [0.4, 0.5) is 0 Å². The molecule has 7 heteroatoms. The van der Waals surface area contributed by atoms with Crippen molar-refractivity contribution >= 4 is 35.1 Å². The van der Waals surface area contributed by atoms with Crippen molar-refractivity contribution < 1.29 is 19.1 Å². The summed E-state index contributed by atoms with van der Waals surface area (Å²) >= 11 is 11.8. The first kappa shape index (κ1) is 17.1. The molecule has 2 aromatic carbocycles. The van der Waals surface area contributed by atoms with Crippen LogP contribution in [-0.2, 0) is 16.1 Å². The molecule has 0 aromatic heterocycles. The number of nitrogens with two attached hydrogens (primary N) is 1. The Labute approximate surface area is 142 Å². The molecule has 120 valence electrons. The first-order chi connectivity index (χ1) is 11.0. The lowest BCUT2D eigenvalue weighted by Crippen LogP contribution is -2.20. The Bertz CT molecular complexity index is 734. The molecule has 2 N–H and O–H groups in total. The quantitative estimate of drug-likeness (QED) is 0.808. The monoisotopic (exact) mass is 353 g/mol. The first-order valence-corrected chi connectivity index (χ1v) is 7.33. The van der Waals surface area contributed by atoms with Gasteiger partial charge >= 0.3 is 5.97 Å². The van der Waals surface area contributed by atoms with Gasteiger partial charge in [0.2, 0.25) is 0 Å². The van der Waals surface area contributed by atoms with Gasteiger partial charge in [0, 0.05) is 5.02 Å². The Morgan fingerprint density at radius 2 is 1.87 bits per heavy atom. The highest BCUT2D eigenvalue weighted by atomic mass is 35.5. The Balaban J connectivity index is 2.00. The van der Waals surface area contributed by atoms with Crippen LogP contribution in [0.3, 0.4) is 0 Å². The minimum Gasteiger partial charge on any atom is -0.484 e. The Morgan fingerprint density at radius 3 is 2.61 bits per heavy atom. The summed E-state index contributed by atoms with van der Waals surface area (Å²) in [7, 11) is 0. The van der Waals surface area contributed by atoms with Crippen molar-refractivity contribution in [2.45, 2.75) is 6.61 Å². The SMILES string of the molecule is NC(=O)COc1cccc(COC(=O)c2cc(Cl)ccc2Cl)c1. The number of benzene rings is 2. The largest absolute Gasteiger partial charge is 0.484 e. The van der Waals surface area contributed by atoms with E-state index in [2.05, 4.69) is 0 Å². The third kappa shape index (κ3) is 5.16. The number of carbonyl (C=O) groups excluding carboxylic acids is 2. The second kappa shape index (κ2) is 7.85. The van der Waals surface area contributed by atoms with Gasteiger partial charge < -0.3 is 15.2 Å². The number of esters is 1. The highest BCUT2D eigenvalue weighted by Gasteiger charge is 2.13. The van der Waals surface area contributed by atoms with Crippen molar-refractivity contribution in [2.75, 3.05) is 6.61 Å².